The predicted octanol–water partition coefficient (Wildman–Crippen LogP) is 0.330. The largest absolute Gasteiger partial charge is 0.478 e. The van der Waals surface area contributed by atoms with Crippen molar-refractivity contribution in [3.8, 4) is 0 Å². The van der Waals surface area contributed by atoms with Crippen LogP contribution in [0.5, 0.6) is 0 Å². The van der Waals surface area contributed by atoms with Crippen molar-refractivity contribution < 1.29 is 15.0 Å². The molecule has 0 aromatic carbocycles. The lowest BCUT2D eigenvalue weighted by Crippen LogP contribution is -2.37. The molecule has 1 rings (SSSR count). The smallest absolute Gasteiger partial charge is 0.332 e. The number of nitrogens with zero attached hydrogens (tertiary/aromatic N) is 1. The molecule has 80 valence electrons. The Labute approximate surface area is 83.8 Å². The maximum atomic E-state index is 10.6. The Bertz CT molecular complexity index is 240. The summed E-state index contributed by atoms with van der Waals surface area (Å²) >= 11 is 0. The number of likely N-dealkylation sites (tertiary alicyclic amines) is 1. The summed E-state index contributed by atoms with van der Waals surface area (Å²) in [4.78, 5) is 12.6. The Morgan fingerprint density at radius 3 is 2.79 bits per heavy atom. The highest BCUT2D eigenvalue weighted by Crippen LogP contribution is 2.23. The molecular weight excluding hydrogens is 182 g/mol. The first kappa shape index (κ1) is 11.2. The molecule has 1 saturated heterocycles. The van der Waals surface area contributed by atoms with E-state index in [4.69, 9.17) is 10.2 Å². The average molecular weight is 199 g/mol. The van der Waals surface area contributed by atoms with Crippen LogP contribution >= 0.6 is 0 Å². The minimum Gasteiger partial charge on any atom is -0.478 e. The first-order chi connectivity index (χ1) is 6.56. The molecule has 2 N–H and O–H groups in total. The van der Waals surface area contributed by atoms with Crippen LogP contribution in [-0.2, 0) is 4.79 Å². The van der Waals surface area contributed by atoms with E-state index in [0.29, 0.717) is 12.5 Å². The van der Waals surface area contributed by atoms with Gasteiger partial charge in [0.05, 0.1) is 6.61 Å². The highest BCUT2D eigenvalue weighted by molar-refractivity contribution is 5.86. The lowest BCUT2D eigenvalue weighted by molar-refractivity contribution is -0.132. The van der Waals surface area contributed by atoms with Gasteiger partial charge in [-0.05, 0) is 18.9 Å². The molecule has 0 saturated carbocycles. The van der Waals surface area contributed by atoms with Crippen LogP contribution in [0.2, 0.25) is 0 Å². The third kappa shape index (κ3) is 2.33. The molecule has 0 bridgehead atoms. The second kappa shape index (κ2) is 4.57. The van der Waals surface area contributed by atoms with Crippen LogP contribution in [0.3, 0.4) is 0 Å². The molecule has 2 unspecified atom stereocenters. The normalized spacial score (nSPS) is 27.9. The SMILES string of the molecule is C=C(CN1CCC(C)C1CO)C(=O)O. The van der Waals surface area contributed by atoms with E-state index in [1.807, 2.05) is 4.90 Å². The van der Waals surface area contributed by atoms with E-state index >= 15 is 0 Å². The third-order valence-corrected chi connectivity index (χ3v) is 2.88. The minimum atomic E-state index is -0.957. The number of carboxylic acid groups (broad SMARTS) is 1. The number of carboxylic acids is 1. The second-order valence-corrected chi connectivity index (χ2v) is 3.90. The van der Waals surface area contributed by atoms with Crippen molar-refractivity contribution in [2.45, 2.75) is 19.4 Å². The molecule has 0 amide bonds. The van der Waals surface area contributed by atoms with Crippen LogP contribution in [0.15, 0.2) is 12.2 Å². The predicted molar refractivity (Wildman–Crippen MR) is 53.0 cm³/mol. The third-order valence-electron chi connectivity index (χ3n) is 2.88. The number of rotatable bonds is 4. The minimum absolute atomic E-state index is 0.0890. The zero-order valence-corrected chi connectivity index (χ0v) is 8.44. The molecule has 0 aliphatic carbocycles. The van der Waals surface area contributed by atoms with E-state index in [2.05, 4.69) is 13.5 Å². The lowest BCUT2D eigenvalue weighted by atomic mass is 10.0. The summed E-state index contributed by atoms with van der Waals surface area (Å²) in [6.07, 6.45) is 1.01. The van der Waals surface area contributed by atoms with Gasteiger partial charge in [0.15, 0.2) is 0 Å². The summed E-state index contributed by atoms with van der Waals surface area (Å²) < 4.78 is 0. The van der Waals surface area contributed by atoms with Gasteiger partial charge in [-0.3, -0.25) is 4.90 Å². The molecule has 1 heterocycles. The highest BCUT2D eigenvalue weighted by Gasteiger charge is 2.31. The van der Waals surface area contributed by atoms with Crippen molar-refractivity contribution in [1.82, 2.24) is 4.90 Å². The Hall–Kier alpha value is -0.870. The average Bonchev–Trinajstić information content (AvgIpc) is 2.46. The molecule has 1 fully saturated rings. The van der Waals surface area contributed by atoms with Crippen LogP contribution < -0.4 is 0 Å². The molecule has 0 radical (unpaired) electrons. The van der Waals surface area contributed by atoms with Crippen LogP contribution in [0.1, 0.15) is 13.3 Å². The summed E-state index contributed by atoms with van der Waals surface area (Å²) in [7, 11) is 0. The first-order valence-electron chi connectivity index (χ1n) is 4.82. The number of aliphatic carboxylic acids is 1. The molecule has 1 aliphatic rings. The number of hydrogen-bond acceptors (Lipinski definition) is 3. The fourth-order valence-electron chi connectivity index (χ4n) is 1.89. The fourth-order valence-corrected chi connectivity index (χ4v) is 1.89. The van der Waals surface area contributed by atoms with Crippen molar-refractivity contribution in [2.75, 3.05) is 19.7 Å². The van der Waals surface area contributed by atoms with E-state index in [1.54, 1.807) is 0 Å². The standard InChI is InChI=1S/C10H17NO3/c1-7-3-4-11(9(7)6-12)5-8(2)10(13)14/h7,9,12H,2-6H2,1H3,(H,13,14). The van der Waals surface area contributed by atoms with Crippen molar-refractivity contribution in [2.24, 2.45) is 5.92 Å². The molecule has 4 nitrogen and oxygen atoms in total. The van der Waals surface area contributed by atoms with Crippen molar-refractivity contribution >= 4 is 5.97 Å². The molecule has 0 spiro atoms. The Morgan fingerprint density at radius 2 is 2.29 bits per heavy atom. The molecule has 2 atom stereocenters. The van der Waals surface area contributed by atoms with Crippen molar-refractivity contribution in [3.63, 3.8) is 0 Å². The van der Waals surface area contributed by atoms with Crippen LogP contribution in [0.4, 0.5) is 0 Å². The van der Waals surface area contributed by atoms with Gasteiger partial charge in [0.25, 0.3) is 0 Å². The van der Waals surface area contributed by atoms with E-state index < -0.39 is 5.97 Å². The number of hydrogen-bond donors (Lipinski definition) is 2. The Kier molecular flexibility index (Phi) is 3.66. The summed E-state index contributed by atoms with van der Waals surface area (Å²) in [5.41, 5.74) is 0.192. The molecule has 4 heteroatoms. The molecule has 0 aromatic heterocycles. The van der Waals surface area contributed by atoms with Crippen LogP contribution in [-0.4, -0.2) is 46.8 Å². The summed E-state index contributed by atoms with van der Waals surface area (Å²) in [5, 5.41) is 17.8. The molecular formula is C10H17NO3. The first-order valence-corrected chi connectivity index (χ1v) is 4.82. The monoisotopic (exact) mass is 199 g/mol. The fraction of sp³-hybridized carbons (Fsp3) is 0.700. The van der Waals surface area contributed by atoms with E-state index in [0.717, 1.165) is 13.0 Å². The topological polar surface area (TPSA) is 60.8 Å². The molecule has 1 aliphatic heterocycles. The quantitative estimate of drug-likeness (QED) is 0.640. The van der Waals surface area contributed by atoms with Crippen molar-refractivity contribution in [3.05, 3.63) is 12.2 Å². The van der Waals surface area contributed by atoms with Gasteiger partial charge in [-0.15, -0.1) is 0 Å². The number of aliphatic hydroxyl groups is 1. The van der Waals surface area contributed by atoms with E-state index in [1.165, 1.54) is 0 Å². The Morgan fingerprint density at radius 1 is 1.64 bits per heavy atom. The van der Waals surface area contributed by atoms with Gasteiger partial charge in [-0.1, -0.05) is 13.5 Å². The van der Waals surface area contributed by atoms with Crippen LogP contribution in [0, 0.1) is 5.92 Å². The van der Waals surface area contributed by atoms with E-state index in [9.17, 15) is 4.79 Å². The lowest BCUT2D eigenvalue weighted by Gasteiger charge is -2.24. The maximum Gasteiger partial charge on any atom is 0.332 e. The number of carbonyl (C=O) groups is 1. The zero-order chi connectivity index (χ0) is 10.7. The molecule has 14 heavy (non-hydrogen) atoms. The molecule has 0 aromatic rings. The number of aliphatic hydroxyl groups excluding tert-OH is 1. The van der Waals surface area contributed by atoms with E-state index in [-0.39, 0.29) is 18.2 Å². The van der Waals surface area contributed by atoms with Gasteiger partial charge < -0.3 is 10.2 Å². The van der Waals surface area contributed by atoms with Gasteiger partial charge in [0.2, 0.25) is 0 Å². The van der Waals surface area contributed by atoms with Gasteiger partial charge in [-0.2, -0.15) is 0 Å². The van der Waals surface area contributed by atoms with Gasteiger partial charge in [0, 0.05) is 18.2 Å². The summed E-state index contributed by atoms with van der Waals surface area (Å²) in [6, 6.07) is 0.0890. The van der Waals surface area contributed by atoms with Gasteiger partial charge in [-0.25, -0.2) is 4.79 Å². The zero-order valence-electron chi connectivity index (χ0n) is 8.44. The van der Waals surface area contributed by atoms with Gasteiger partial charge in [0.1, 0.15) is 0 Å². The maximum absolute atomic E-state index is 10.6. The van der Waals surface area contributed by atoms with Crippen LogP contribution in [0.25, 0.3) is 0 Å². The highest BCUT2D eigenvalue weighted by atomic mass is 16.4. The van der Waals surface area contributed by atoms with Crippen molar-refractivity contribution in [1.29, 1.82) is 0 Å². The summed E-state index contributed by atoms with van der Waals surface area (Å²) in [5.74, 6) is -0.525. The van der Waals surface area contributed by atoms with Gasteiger partial charge >= 0.3 is 5.97 Å². The second-order valence-electron chi connectivity index (χ2n) is 3.90. The summed E-state index contributed by atoms with van der Waals surface area (Å²) in [6.45, 7) is 6.85. The Balaban J connectivity index is 2.53.